The molecule has 3 rings (SSSR count). The average molecular weight is 335 g/mol. The third-order valence-corrected chi connectivity index (χ3v) is 4.57. The van der Waals surface area contributed by atoms with Gasteiger partial charge in [-0.3, -0.25) is 4.57 Å². The Morgan fingerprint density at radius 2 is 2.08 bits per heavy atom. The summed E-state index contributed by atoms with van der Waals surface area (Å²) in [5.74, 6) is -1.10. The van der Waals surface area contributed by atoms with Crippen LogP contribution in [0.2, 0.25) is 0 Å². The van der Waals surface area contributed by atoms with Gasteiger partial charge in [-0.15, -0.1) is 0 Å². The first-order valence-corrected chi connectivity index (χ1v) is 7.71. The molecule has 2 heterocycles. The van der Waals surface area contributed by atoms with E-state index in [0.717, 1.165) is 12.5 Å². The molecule has 2 aromatic rings. The van der Waals surface area contributed by atoms with Gasteiger partial charge in [0.2, 0.25) is 5.88 Å². The lowest BCUT2D eigenvalue weighted by atomic mass is 9.96. The maximum absolute atomic E-state index is 13.7. The monoisotopic (exact) mass is 335 g/mol. The van der Waals surface area contributed by atoms with E-state index in [0.29, 0.717) is 12.4 Å². The van der Waals surface area contributed by atoms with E-state index in [1.165, 1.54) is 12.1 Å². The van der Waals surface area contributed by atoms with Crippen molar-refractivity contribution in [3.8, 4) is 5.88 Å². The lowest BCUT2D eigenvalue weighted by Gasteiger charge is -2.42. The van der Waals surface area contributed by atoms with Crippen LogP contribution in [-0.2, 0) is 13.2 Å². The zero-order chi connectivity index (χ0) is 17.5. The molecule has 0 N–H and O–H groups in total. The third-order valence-electron chi connectivity index (χ3n) is 4.57. The van der Waals surface area contributed by atoms with Gasteiger partial charge in [-0.2, -0.15) is 4.98 Å². The Hall–Kier alpha value is -2.44. The molecule has 24 heavy (non-hydrogen) atoms. The second-order valence-corrected chi connectivity index (χ2v) is 6.51. The van der Waals surface area contributed by atoms with Crippen LogP contribution in [0, 0.1) is 11.6 Å². The number of halogens is 2. The quantitative estimate of drug-likeness (QED) is 0.865. The summed E-state index contributed by atoms with van der Waals surface area (Å²) in [4.78, 5) is 18.1. The van der Waals surface area contributed by atoms with Gasteiger partial charge in [0, 0.05) is 30.8 Å². The van der Waals surface area contributed by atoms with Gasteiger partial charge in [-0.1, -0.05) is 12.1 Å². The number of aromatic nitrogens is 2. The molecule has 0 unspecified atom stereocenters. The van der Waals surface area contributed by atoms with Gasteiger partial charge >= 0.3 is 5.69 Å². The Bertz CT molecular complexity index is 833. The molecule has 0 spiro atoms. The number of fused-ring (bicyclic) bond motifs is 1. The molecular weight excluding hydrogens is 316 g/mol. The van der Waals surface area contributed by atoms with Gasteiger partial charge in [0.05, 0.1) is 0 Å². The van der Waals surface area contributed by atoms with Gasteiger partial charge in [-0.05, 0) is 26.3 Å². The highest BCUT2D eigenvalue weighted by atomic mass is 19.2. The molecule has 1 aromatic heterocycles. The summed E-state index contributed by atoms with van der Waals surface area (Å²) in [7, 11) is 1.90. The number of hydrogen-bond donors (Lipinski definition) is 0. The minimum Gasteiger partial charge on any atom is -0.472 e. The Morgan fingerprint density at radius 1 is 1.33 bits per heavy atom. The Balaban J connectivity index is 1.88. The SMILES string of the molecule is CN1c2cc(OCc3cccc(F)c3F)nc(=O)n2CCC1(C)C. The lowest BCUT2D eigenvalue weighted by molar-refractivity contribution is 0.280. The zero-order valence-electron chi connectivity index (χ0n) is 13.8. The molecule has 0 aliphatic carbocycles. The molecule has 0 radical (unpaired) electrons. The smallest absolute Gasteiger partial charge is 0.352 e. The molecule has 0 amide bonds. The van der Waals surface area contributed by atoms with E-state index in [9.17, 15) is 13.6 Å². The number of anilines is 1. The summed E-state index contributed by atoms with van der Waals surface area (Å²) in [6, 6.07) is 5.53. The normalized spacial score (nSPS) is 16.0. The molecule has 7 heteroatoms. The molecule has 128 valence electrons. The van der Waals surface area contributed by atoms with Crippen molar-refractivity contribution >= 4 is 5.82 Å². The van der Waals surface area contributed by atoms with Crippen LogP contribution in [0.4, 0.5) is 14.6 Å². The fraction of sp³-hybridized carbons (Fsp3) is 0.412. The number of hydrogen-bond acceptors (Lipinski definition) is 4. The van der Waals surface area contributed by atoms with Crippen molar-refractivity contribution in [2.24, 2.45) is 0 Å². The maximum Gasteiger partial charge on any atom is 0.352 e. The largest absolute Gasteiger partial charge is 0.472 e. The third kappa shape index (κ3) is 2.86. The van der Waals surface area contributed by atoms with E-state index in [-0.39, 0.29) is 23.6 Å². The maximum atomic E-state index is 13.7. The molecule has 0 saturated carbocycles. The van der Waals surface area contributed by atoms with E-state index in [1.54, 1.807) is 10.6 Å². The van der Waals surface area contributed by atoms with Crippen molar-refractivity contribution in [2.75, 3.05) is 11.9 Å². The van der Waals surface area contributed by atoms with Gasteiger partial charge in [0.25, 0.3) is 0 Å². The highest BCUT2D eigenvalue weighted by molar-refractivity contribution is 5.45. The van der Waals surface area contributed by atoms with Crippen LogP contribution in [-0.4, -0.2) is 22.1 Å². The van der Waals surface area contributed by atoms with Crippen LogP contribution in [0.1, 0.15) is 25.8 Å². The Morgan fingerprint density at radius 3 is 2.83 bits per heavy atom. The van der Waals surface area contributed by atoms with Crippen molar-refractivity contribution in [1.82, 2.24) is 9.55 Å². The number of rotatable bonds is 3. The van der Waals surface area contributed by atoms with E-state index in [4.69, 9.17) is 4.74 Å². The highest BCUT2D eigenvalue weighted by Gasteiger charge is 2.31. The summed E-state index contributed by atoms with van der Waals surface area (Å²) in [6.07, 6.45) is 0.826. The molecule has 1 aliphatic heterocycles. The minimum absolute atomic E-state index is 0.0725. The first kappa shape index (κ1) is 16.4. The van der Waals surface area contributed by atoms with Crippen LogP contribution in [0.25, 0.3) is 0 Å². The van der Waals surface area contributed by atoms with Gasteiger partial charge in [0.15, 0.2) is 11.6 Å². The summed E-state index contributed by atoms with van der Waals surface area (Å²) in [6.45, 7) is 4.55. The highest BCUT2D eigenvalue weighted by Crippen LogP contribution is 2.31. The predicted octanol–water partition coefficient (Wildman–Crippen LogP) is 2.72. The minimum atomic E-state index is -0.953. The van der Waals surface area contributed by atoms with E-state index in [1.807, 2.05) is 11.9 Å². The first-order valence-electron chi connectivity index (χ1n) is 7.71. The van der Waals surface area contributed by atoms with Crippen LogP contribution >= 0.6 is 0 Å². The topological polar surface area (TPSA) is 47.4 Å². The van der Waals surface area contributed by atoms with E-state index >= 15 is 0 Å². The summed E-state index contributed by atoms with van der Waals surface area (Å²) >= 11 is 0. The summed E-state index contributed by atoms with van der Waals surface area (Å²) in [5, 5.41) is 0. The van der Waals surface area contributed by atoms with Crippen molar-refractivity contribution < 1.29 is 13.5 Å². The predicted molar refractivity (Wildman–Crippen MR) is 86.3 cm³/mol. The fourth-order valence-corrected chi connectivity index (χ4v) is 2.71. The van der Waals surface area contributed by atoms with Crippen LogP contribution in [0.15, 0.2) is 29.1 Å². The fourth-order valence-electron chi connectivity index (χ4n) is 2.71. The number of nitrogens with zero attached hydrogens (tertiary/aromatic N) is 3. The van der Waals surface area contributed by atoms with Gasteiger partial charge < -0.3 is 9.64 Å². The second-order valence-electron chi connectivity index (χ2n) is 6.51. The van der Waals surface area contributed by atoms with Crippen molar-refractivity contribution in [3.05, 3.63) is 51.9 Å². The first-order chi connectivity index (χ1) is 11.3. The Kier molecular flexibility index (Phi) is 4.03. The molecule has 1 aliphatic rings. The van der Waals surface area contributed by atoms with Crippen LogP contribution < -0.4 is 15.3 Å². The molecule has 5 nitrogen and oxygen atoms in total. The molecular formula is C17H19F2N3O2. The second kappa shape index (κ2) is 5.89. The summed E-state index contributed by atoms with van der Waals surface area (Å²) in [5.41, 5.74) is -0.437. The number of benzene rings is 1. The lowest BCUT2D eigenvalue weighted by Crippen LogP contribution is -2.49. The van der Waals surface area contributed by atoms with Gasteiger partial charge in [-0.25, -0.2) is 13.6 Å². The molecule has 1 aromatic carbocycles. The zero-order valence-corrected chi connectivity index (χ0v) is 13.8. The van der Waals surface area contributed by atoms with E-state index in [2.05, 4.69) is 18.8 Å². The average Bonchev–Trinajstić information content (AvgIpc) is 2.53. The number of ether oxygens (including phenoxy) is 1. The molecule has 0 saturated heterocycles. The summed E-state index contributed by atoms with van der Waals surface area (Å²) < 4.78 is 33.9. The molecule has 0 fully saturated rings. The van der Waals surface area contributed by atoms with Crippen molar-refractivity contribution in [2.45, 2.75) is 39.0 Å². The van der Waals surface area contributed by atoms with Crippen molar-refractivity contribution in [1.29, 1.82) is 0 Å². The molecule has 0 atom stereocenters. The van der Waals surface area contributed by atoms with Gasteiger partial charge in [0.1, 0.15) is 12.4 Å². The van der Waals surface area contributed by atoms with E-state index < -0.39 is 17.3 Å². The van der Waals surface area contributed by atoms with Crippen LogP contribution in [0.5, 0.6) is 5.88 Å². The standard InChI is InChI=1S/C17H19F2N3O2/c1-17(2)7-8-22-14(21(17)3)9-13(20-16(22)23)24-10-11-5-4-6-12(18)15(11)19/h4-6,9H,7-8,10H2,1-3H3. The molecule has 0 bridgehead atoms. The van der Waals surface area contributed by atoms with Crippen molar-refractivity contribution in [3.63, 3.8) is 0 Å². The Labute approximate surface area is 138 Å². The van der Waals surface area contributed by atoms with Crippen LogP contribution in [0.3, 0.4) is 0 Å².